The first-order valence-corrected chi connectivity index (χ1v) is 3.67. The van der Waals surface area contributed by atoms with E-state index in [0.717, 1.165) is 5.57 Å². The van der Waals surface area contributed by atoms with Crippen LogP contribution in [-0.2, 0) is 4.74 Å². The van der Waals surface area contributed by atoms with Gasteiger partial charge in [-0.2, -0.15) is 0 Å². The van der Waals surface area contributed by atoms with Crippen molar-refractivity contribution < 1.29 is 9.66 Å². The van der Waals surface area contributed by atoms with E-state index in [1.807, 2.05) is 6.92 Å². The smallest absolute Gasteiger partial charge is 0.367 e. The Kier molecular flexibility index (Phi) is 2.42. The normalized spacial score (nSPS) is 16.3. The topological polar surface area (TPSA) is 64.7 Å². The summed E-state index contributed by atoms with van der Waals surface area (Å²) in [5, 5.41) is 10.4. The van der Waals surface area contributed by atoms with Crippen molar-refractivity contribution in [3.8, 4) is 0 Å². The molecule has 1 aliphatic rings. The summed E-state index contributed by atoms with van der Waals surface area (Å²) in [7, 11) is 1.47. The van der Waals surface area contributed by atoms with Gasteiger partial charge in [-0.05, 0) is 16.3 Å². The maximum absolute atomic E-state index is 10.4. The molecular formula is C7H10N2O3. The standard InChI is InChI=1S/C7H10N2O3/c1-3-5-4-6(12-2)8-7(5)9(10)11/h3-4H2,1-2H3. The lowest BCUT2D eigenvalue weighted by Crippen LogP contribution is -1.96. The van der Waals surface area contributed by atoms with Crippen LogP contribution in [0.3, 0.4) is 0 Å². The minimum absolute atomic E-state index is 0.0469. The second kappa shape index (κ2) is 3.34. The summed E-state index contributed by atoms with van der Waals surface area (Å²) in [6.45, 7) is 1.87. The second-order valence-corrected chi connectivity index (χ2v) is 2.42. The average Bonchev–Trinajstić information content (AvgIpc) is 2.47. The maximum Gasteiger partial charge on any atom is 0.367 e. The molecule has 0 saturated heterocycles. The summed E-state index contributed by atoms with van der Waals surface area (Å²) in [6.07, 6.45) is 1.12. The highest BCUT2D eigenvalue weighted by Gasteiger charge is 2.28. The Hall–Kier alpha value is -1.39. The van der Waals surface area contributed by atoms with Gasteiger partial charge in [0.2, 0.25) is 0 Å². The maximum atomic E-state index is 10.4. The molecule has 0 bridgehead atoms. The summed E-state index contributed by atoms with van der Waals surface area (Å²) in [4.78, 5) is 13.7. The number of nitrogens with zero attached hydrogens (tertiary/aromatic N) is 2. The monoisotopic (exact) mass is 170 g/mol. The van der Waals surface area contributed by atoms with E-state index in [-0.39, 0.29) is 5.82 Å². The first-order valence-electron chi connectivity index (χ1n) is 3.67. The molecule has 0 fully saturated rings. The quantitative estimate of drug-likeness (QED) is 0.464. The largest absolute Gasteiger partial charge is 0.466 e. The molecule has 1 aliphatic heterocycles. The SMILES string of the molecule is CCC1=C([N+](=O)[O-])N=C(OC)C1. The van der Waals surface area contributed by atoms with Crippen LogP contribution in [-0.4, -0.2) is 17.9 Å². The van der Waals surface area contributed by atoms with Gasteiger partial charge < -0.3 is 14.9 Å². The lowest BCUT2D eigenvalue weighted by molar-refractivity contribution is -0.426. The van der Waals surface area contributed by atoms with Crippen LogP contribution in [0.1, 0.15) is 19.8 Å². The van der Waals surface area contributed by atoms with E-state index in [4.69, 9.17) is 4.74 Å². The predicted octanol–water partition coefficient (Wildman–Crippen LogP) is 1.33. The number of nitro groups is 1. The number of aliphatic imine (C=N–C) groups is 1. The Labute approximate surface area is 69.9 Å². The van der Waals surface area contributed by atoms with Gasteiger partial charge >= 0.3 is 11.7 Å². The fourth-order valence-electron chi connectivity index (χ4n) is 1.07. The molecule has 1 heterocycles. The van der Waals surface area contributed by atoms with Crippen LogP contribution >= 0.6 is 0 Å². The number of rotatable bonds is 2. The lowest BCUT2D eigenvalue weighted by Gasteiger charge is -1.93. The fourth-order valence-corrected chi connectivity index (χ4v) is 1.07. The first-order chi connectivity index (χ1) is 5.69. The second-order valence-electron chi connectivity index (χ2n) is 2.42. The van der Waals surface area contributed by atoms with Gasteiger partial charge in [0.15, 0.2) is 0 Å². The van der Waals surface area contributed by atoms with Gasteiger partial charge in [-0.1, -0.05) is 6.92 Å². The molecule has 0 atom stereocenters. The van der Waals surface area contributed by atoms with E-state index < -0.39 is 4.92 Å². The molecule has 66 valence electrons. The van der Waals surface area contributed by atoms with Crippen molar-refractivity contribution in [2.24, 2.45) is 4.99 Å². The van der Waals surface area contributed by atoms with Crippen LogP contribution in [0.2, 0.25) is 0 Å². The molecular weight excluding hydrogens is 160 g/mol. The van der Waals surface area contributed by atoms with Gasteiger partial charge in [-0.25, -0.2) is 0 Å². The van der Waals surface area contributed by atoms with Crippen molar-refractivity contribution in [3.63, 3.8) is 0 Å². The fraction of sp³-hybridized carbons (Fsp3) is 0.571. The van der Waals surface area contributed by atoms with Crippen LogP contribution in [0.5, 0.6) is 0 Å². The summed E-state index contributed by atoms with van der Waals surface area (Å²) >= 11 is 0. The molecule has 0 aromatic rings. The molecule has 0 spiro atoms. The van der Waals surface area contributed by atoms with E-state index >= 15 is 0 Å². The Morgan fingerprint density at radius 1 is 1.75 bits per heavy atom. The molecule has 0 aromatic carbocycles. The molecule has 0 amide bonds. The van der Waals surface area contributed by atoms with E-state index in [1.165, 1.54) is 7.11 Å². The van der Waals surface area contributed by atoms with Crippen molar-refractivity contribution in [1.82, 2.24) is 0 Å². The van der Waals surface area contributed by atoms with Crippen molar-refractivity contribution in [3.05, 3.63) is 21.5 Å². The zero-order valence-electron chi connectivity index (χ0n) is 7.03. The highest BCUT2D eigenvalue weighted by molar-refractivity contribution is 5.82. The zero-order chi connectivity index (χ0) is 9.14. The minimum Gasteiger partial charge on any atom is -0.466 e. The molecule has 0 saturated carbocycles. The van der Waals surface area contributed by atoms with Crippen LogP contribution in [0, 0.1) is 10.1 Å². The van der Waals surface area contributed by atoms with Gasteiger partial charge in [-0.3, -0.25) is 0 Å². The molecule has 0 aliphatic carbocycles. The molecule has 0 unspecified atom stereocenters. The minimum atomic E-state index is -0.467. The van der Waals surface area contributed by atoms with E-state index in [9.17, 15) is 10.1 Å². The van der Waals surface area contributed by atoms with Gasteiger partial charge in [-0.15, -0.1) is 0 Å². The van der Waals surface area contributed by atoms with Crippen LogP contribution in [0.15, 0.2) is 16.4 Å². The summed E-state index contributed by atoms with van der Waals surface area (Å²) in [5.74, 6) is 0.382. The number of hydrogen-bond donors (Lipinski definition) is 0. The van der Waals surface area contributed by atoms with E-state index in [0.29, 0.717) is 18.7 Å². The molecule has 1 rings (SSSR count). The van der Waals surface area contributed by atoms with Gasteiger partial charge in [0, 0.05) is 5.57 Å². The Bertz CT molecular complexity index is 268. The van der Waals surface area contributed by atoms with Crippen molar-refractivity contribution in [2.45, 2.75) is 19.8 Å². The van der Waals surface area contributed by atoms with Crippen LogP contribution in [0.25, 0.3) is 0 Å². The number of ether oxygens (including phenoxy) is 1. The molecule has 5 heteroatoms. The number of methoxy groups -OCH3 is 1. The predicted molar refractivity (Wildman–Crippen MR) is 43.4 cm³/mol. The number of hydrogen-bond acceptors (Lipinski definition) is 4. The van der Waals surface area contributed by atoms with E-state index in [1.54, 1.807) is 0 Å². The molecule has 0 aromatic heterocycles. The molecule has 0 radical (unpaired) electrons. The van der Waals surface area contributed by atoms with Crippen molar-refractivity contribution in [1.29, 1.82) is 0 Å². The average molecular weight is 170 g/mol. The van der Waals surface area contributed by atoms with Crippen LogP contribution < -0.4 is 0 Å². The third kappa shape index (κ3) is 1.44. The van der Waals surface area contributed by atoms with Gasteiger partial charge in [0.25, 0.3) is 0 Å². The highest BCUT2D eigenvalue weighted by atomic mass is 16.6. The molecule has 12 heavy (non-hydrogen) atoms. The van der Waals surface area contributed by atoms with Crippen LogP contribution in [0.4, 0.5) is 0 Å². The zero-order valence-corrected chi connectivity index (χ0v) is 7.03. The summed E-state index contributed by atoms with van der Waals surface area (Å²) in [5.41, 5.74) is 0.733. The third-order valence-corrected chi connectivity index (χ3v) is 1.75. The molecule has 5 nitrogen and oxygen atoms in total. The van der Waals surface area contributed by atoms with E-state index in [2.05, 4.69) is 4.99 Å². The molecule has 0 N–H and O–H groups in total. The highest BCUT2D eigenvalue weighted by Crippen LogP contribution is 2.22. The summed E-state index contributed by atoms with van der Waals surface area (Å²) < 4.78 is 4.83. The lowest BCUT2D eigenvalue weighted by atomic mass is 10.1. The van der Waals surface area contributed by atoms with Crippen molar-refractivity contribution in [2.75, 3.05) is 7.11 Å². The van der Waals surface area contributed by atoms with Crippen molar-refractivity contribution >= 4 is 5.90 Å². The Morgan fingerprint density at radius 2 is 2.42 bits per heavy atom. The summed E-state index contributed by atoms with van der Waals surface area (Å²) in [6, 6.07) is 0. The van der Waals surface area contributed by atoms with Gasteiger partial charge in [0.05, 0.1) is 13.5 Å². The van der Waals surface area contributed by atoms with Gasteiger partial charge in [0.1, 0.15) is 0 Å². The first kappa shape index (κ1) is 8.70. The third-order valence-electron chi connectivity index (χ3n) is 1.75. The Balaban J connectivity index is 2.87. The Morgan fingerprint density at radius 3 is 2.75 bits per heavy atom.